The first kappa shape index (κ1) is 13.8. The zero-order chi connectivity index (χ0) is 9.84. The number of nitrogens with zero attached hydrogens (tertiary/aromatic N) is 1. The van der Waals surface area contributed by atoms with Crippen LogP contribution in [0.25, 0.3) is 0 Å². The summed E-state index contributed by atoms with van der Waals surface area (Å²) in [5.74, 6) is -0.948. The van der Waals surface area contributed by atoms with Crippen LogP contribution in [0.4, 0.5) is 0 Å². The molecule has 4 nitrogen and oxygen atoms in total. The first-order chi connectivity index (χ1) is 6.13. The summed E-state index contributed by atoms with van der Waals surface area (Å²) < 4.78 is 2.01. The topological polar surface area (TPSA) is 67.2 Å². The van der Waals surface area contributed by atoms with Crippen LogP contribution in [0.2, 0.25) is 0 Å². The number of halogens is 1. The molecule has 0 fully saturated rings. The van der Waals surface area contributed by atoms with Gasteiger partial charge in [-0.1, -0.05) is 11.3 Å². The predicted octanol–water partition coefficient (Wildman–Crippen LogP) is -2.99. The van der Waals surface area contributed by atoms with Gasteiger partial charge in [0.15, 0.2) is 6.20 Å². The number of rotatable bonds is 4. The molecule has 1 aromatic heterocycles. The van der Waals surface area contributed by atoms with E-state index in [1.54, 1.807) is 0 Å². The standard InChI is InChI=1S/C8H12N2O2S.HI/c1-2-10-4-6(13-5-10)3-7(9)8(11)12;/h4-5,7H,2-3,9H2,1H3;1H/t7-;/m0./s1. The number of thiazole rings is 1. The Morgan fingerprint density at radius 3 is 2.86 bits per heavy atom. The van der Waals surface area contributed by atoms with E-state index in [4.69, 9.17) is 10.8 Å². The molecule has 1 rings (SSSR count). The molecule has 0 amide bonds. The third-order valence-electron chi connectivity index (χ3n) is 1.75. The predicted molar refractivity (Wildman–Crippen MR) is 49.5 cm³/mol. The molecule has 0 unspecified atom stereocenters. The van der Waals surface area contributed by atoms with Crippen LogP contribution in [0.15, 0.2) is 11.7 Å². The van der Waals surface area contributed by atoms with Crippen LogP contribution in [-0.2, 0) is 17.8 Å². The molecule has 0 bridgehead atoms. The Morgan fingerprint density at radius 2 is 2.43 bits per heavy atom. The van der Waals surface area contributed by atoms with Gasteiger partial charge in [0.2, 0.25) is 5.51 Å². The van der Waals surface area contributed by atoms with Crippen LogP contribution in [0.1, 0.15) is 11.8 Å². The van der Waals surface area contributed by atoms with Gasteiger partial charge >= 0.3 is 5.97 Å². The molecule has 0 aliphatic carbocycles. The SMILES string of the molecule is CC[n+]1csc(C[C@H](N)C(=O)O)c1.[I-]. The smallest absolute Gasteiger partial charge is 0.320 e. The van der Waals surface area contributed by atoms with E-state index in [2.05, 4.69) is 0 Å². The lowest BCUT2D eigenvalue weighted by Gasteiger charge is -2.00. The second-order valence-corrected chi connectivity index (χ2v) is 3.77. The fraction of sp³-hybridized carbons (Fsp3) is 0.500. The van der Waals surface area contributed by atoms with Crippen LogP contribution in [0.5, 0.6) is 0 Å². The van der Waals surface area contributed by atoms with Gasteiger partial charge in [0.25, 0.3) is 0 Å². The summed E-state index contributed by atoms with van der Waals surface area (Å²) >= 11 is 1.54. The van der Waals surface area contributed by atoms with Gasteiger partial charge < -0.3 is 34.8 Å². The number of aromatic nitrogens is 1. The molecule has 0 aromatic carbocycles. The second kappa shape index (κ2) is 6.31. The second-order valence-electron chi connectivity index (χ2n) is 2.80. The van der Waals surface area contributed by atoms with E-state index >= 15 is 0 Å². The lowest BCUT2D eigenvalue weighted by atomic mass is 10.2. The van der Waals surface area contributed by atoms with E-state index in [0.29, 0.717) is 6.42 Å². The van der Waals surface area contributed by atoms with Crippen LogP contribution in [0, 0.1) is 0 Å². The minimum Gasteiger partial charge on any atom is -1.00 e. The zero-order valence-corrected chi connectivity index (χ0v) is 10.8. The molecular formula is C8H13IN2O2S. The van der Waals surface area contributed by atoms with E-state index < -0.39 is 12.0 Å². The van der Waals surface area contributed by atoms with Crippen molar-refractivity contribution >= 4 is 17.3 Å². The molecule has 6 heteroatoms. The van der Waals surface area contributed by atoms with Gasteiger partial charge in [-0.05, 0) is 6.92 Å². The maximum Gasteiger partial charge on any atom is 0.320 e. The average Bonchev–Trinajstić information content (AvgIpc) is 2.52. The fourth-order valence-electron chi connectivity index (χ4n) is 0.952. The Labute approximate surface area is 104 Å². The van der Waals surface area contributed by atoms with Gasteiger partial charge in [-0.2, -0.15) is 4.57 Å². The molecule has 0 radical (unpaired) electrons. The van der Waals surface area contributed by atoms with Crippen molar-refractivity contribution in [2.75, 3.05) is 0 Å². The third-order valence-corrected chi connectivity index (χ3v) is 2.70. The summed E-state index contributed by atoms with van der Waals surface area (Å²) in [5.41, 5.74) is 7.36. The van der Waals surface area contributed by atoms with E-state index in [-0.39, 0.29) is 24.0 Å². The maximum absolute atomic E-state index is 10.5. The Hall–Kier alpha value is -0.210. The first-order valence-corrected chi connectivity index (χ1v) is 4.96. The van der Waals surface area contributed by atoms with E-state index in [0.717, 1.165) is 11.4 Å². The quantitative estimate of drug-likeness (QED) is 0.458. The van der Waals surface area contributed by atoms with Crippen molar-refractivity contribution < 1.29 is 38.4 Å². The molecule has 0 aliphatic rings. The minimum absolute atomic E-state index is 0. The number of hydrogen-bond acceptors (Lipinski definition) is 3. The summed E-state index contributed by atoms with van der Waals surface area (Å²) in [6.07, 6.45) is 2.35. The molecule has 0 saturated heterocycles. The summed E-state index contributed by atoms with van der Waals surface area (Å²) in [6, 6.07) is -0.788. The summed E-state index contributed by atoms with van der Waals surface area (Å²) in [4.78, 5) is 11.5. The molecule has 14 heavy (non-hydrogen) atoms. The monoisotopic (exact) mass is 328 g/mol. The van der Waals surface area contributed by atoms with E-state index in [9.17, 15) is 4.79 Å². The van der Waals surface area contributed by atoms with Crippen LogP contribution >= 0.6 is 11.3 Å². The molecular weight excluding hydrogens is 315 g/mol. The van der Waals surface area contributed by atoms with Gasteiger partial charge in [-0.3, -0.25) is 4.79 Å². The molecule has 1 aromatic rings. The fourth-order valence-corrected chi connectivity index (χ4v) is 1.90. The van der Waals surface area contributed by atoms with Gasteiger partial charge in [0, 0.05) is 6.42 Å². The molecule has 80 valence electrons. The molecule has 3 N–H and O–H groups in total. The zero-order valence-electron chi connectivity index (χ0n) is 7.81. The van der Waals surface area contributed by atoms with E-state index in [1.807, 2.05) is 23.2 Å². The lowest BCUT2D eigenvalue weighted by molar-refractivity contribution is -0.689. The Morgan fingerprint density at radius 1 is 1.79 bits per heavy atom. The largest absolute Gasteiger partial charge is 1.00 e. The molecule has 1 atom stereocenters. The van der Waals surface area contributed by atoms with Crippen molar-refractivity contribution in [3.63, 3.8) is 0 Å². The van der Waals surface area contributed by atoms with Gasteiger partial charge in [0.05, 0.1) is 4.88 Å². The van der Waals surface area contributed by atoms with Crippen LogP contribution < -0.4 is 34.3 Å². The van der Waals surface area contributed by atoms with Crippen LogP contribution in [-0.4, -0.2) is 17.1 Å². The summed E-state index contributed by atoms with van der Waals surface area (Å²) in [7, 11) is 0. The number of nitrogens with two attached hydrogens (primary N) is 1. The summed E-state index contributed by atoms with van der Waals surface area (Å²) in [6.45, 7) is 2.94. The van der Waals surface area contributed by atoms with Gasteiger partial charge in [-0.15, -0.1) is 0 Å². The number of aryl methyl sites for hydroxylation is 1. The molecule has 0 aliphatic heterocycles. The number of hydrogen-bond donors (Lipinski definition) is 2. The Kier molecular flexibility index (Phi) is 6.21. The number of carboxylic acids is 1. The molecule has 0 spiro atoms. The Bertz CT molecular complexity index is 303. The van der Waals surface area contributed by atoms with Gasteiger partial charge in [0.1, 0.15) is 12.6 Å². The number of carbonyl (C=O) groups is 1. The maximum atomic E-state index is 10.5. The highest BCUT2D eigenvalue weighted by atomic mass is 127. The highest BCUT2D eigenvalue weighted by molar-refractivity contribution is 7.09. The highest BCUT2D eigenvalue weighted by Crippen LogP contribution is 2.06. The van der Waals surface area contributed by atoms with Crippen molar-refractivity contribution in [2.45, 2.75) is 25.9 Å². The number of aliphatic carboxylic acids is 1. The van der Waals surface area contributed by atoms with Crippen molar-refractivity contribution in [1.82, 2.24) is 0 Å². The first-order valence-electron chi connectivity index (χ1n) is 4.08. The van der Waals surface area contributed by atoms with Crippen molar-refractivity contribution in [2.24, 2.45) is 5.73 Å². The normalized spacial score (nSPS) is 11.9. The van der Waals surface area contributed by atoms with Gasteiger partial charge in [-0.25, -0.2) is 0 Å². The van der Waals surface area contributed by atoms with Crippen molar-refractivity contribution in [3.05, 3.63) is 16.6 Å². The van der Waals surface area contributed by atoms with Crippen molar-refractivity contribution in [1.29, 1.82) is 0 Å². The van der Waals surface area contributed by atoms with E-state index in [1.165, 1.54) is 11.3 Å². The molecule has 0 saturated carbocycles. The van der Waals surface area contributed by atoms with Crippen LogP contribution in [0.3, 0.4) is 0 Å². The highest BCUT2D eigenvalue weighted by Gasteiger charge is 2.15. The summed E-state index contributed by atoms with van der Waals surface area (Å²) in [5, 5.41) is 8.58. The Balaban J connectivity index is 0.00000169. The minimum atomic E-state index is -0.948. The third kappa shape index (κ3) is 3.89. The number of carboxylic acid groups (broad SMARTS) is 1. The lowest BCUT2D eigenvalue weighted by Crippen LogP contribution is -3.00. The average molecular weight is 328 g/mol. The molecule has 1 heterocycles. The van der Waals surface area contributed by atoms with Crippen molar-refractivity contribution in [3.8, 4) is 0 Å².